The van der Waals surface area contributed by atoms with Crippen LogP contribution in [0.3, 0.4) is 0 Å². The second kappa shape index (κ2) is 5.78. The molecule has 0 spiro atoms. The molecule has 1 aliphatic carbocycles. The zero-order valence-corrected chi connectivity index (χ0v) is 12.4. The number of anilines is 1. The highest BCUT2D eigenvalue weighted by Crippen LogP contribution is 2.37. The van der Waals surface area contributed by atoms with Gasteiger partial charge in [-0.15, -0.1) is 11.3 Å². The highest BCUT2D eigenvalue weighted by atomic mass is 32.1. The van der Waals surface area contributed by atoms with Crippen molar-refractivity contribution in [2.75, 3.05) is 5.32 Å². The molecule has 1 aromatic rings. The van der Waals surface area contributed by atoms with E-state index in [4.69, 9.17) is 5.73 Å². The Morgan fingerprint density at radius 2 is 2.20 bits per heavy atom. The molecule has 1 amide bonds. The third-order valence-corrected chi connectivity index (χ3v) is 4.57. The molecule has 0 saturated carbocycles. The van der Waals surface area contributed by atoms with Crippen molar-refractivity contribution in [2.24, 2.45) is 11.7 Å². The molecule has 6 nitrogen and oxygen atoms in total. The summed E-state index contributed by atoms with van der Waals surface area (Å²) in [5.41, 5.74) is 6.01. The number of aryl methyl sites for hydroxylation is 1. The maximum atomic E-state index is 11.4. The van der Waals surface area contributed by atoms with Gasteiger partial charge in [0.05, 0.1) is 5.69 Å². The highest BCUT2D eigenvalue weighted by Gasteiger charge is 2.31. The van der Waals surface area contributed by atoms with Crippen molar-refractivity contribution < 1.29 is 14.7 Å². The van der Waals surface area contributed by atoms with Gasteiger partial charge in [-0.1, -0.05) is 13.8 Å². The van der Waals surface area contributed by atoms with Gasteiger partial charge in [-0.2, -0.15) is 0 Å². The maximum Gasteiger partial charge on any atom is 0.312 e. The molecule has 2 unspecified atom stereocenters. The number of rotatable bonds is 5. The Hall–Kier alpha value is -1.63. The lowest BCUT2D eigenvalue weighted by atomic mass is 9.91. The minimum absolute atomic E-state index is 0.0451. The van der Waals surface area contributed by atoms with Crippen molar-refractivity contribution in [1.29, 1.82) is 0 Å². The summed E-state index contributed by atoms with van der Waals surface area (Å²) in [5, 5.41) is 12.8. The van der Waals surface area contributed by atoms with E-state index < -0.39 is 23.8 Å². The normalized spacial score (nSPS) is 19.4. The van der Waals surface area contributed by atoms with E-state index in [-0.39, 0.29) is 5.92 Å². The number of carboxylic acids is 1. The number of carbonyl (C=O) groups excluding carboxylic acids is 1. The van der Waals surface area contributed by atoms with E-state index in [1.165, 1.54) is 11.3 Å². The fourth-order valence-electron chi connectivity index (χ4n) is 2.42. The molecular formula is C13H19N3O3S. The quantitative estimate of drug-likeness (QED) is 0.765. The summed E-state index contributed by atoms with van der Waals surface area (Å²) in [6.45, 7) is 3.80. The standard InChI is InChI=1S/C13H19N3O3S/c1-6(2)9(11(14)17)15-13-16-10-7(12(18)19)4-3-5-8(10)20-13/h6-7,9H,3-5H2,1-2H3,(H2,14,17)(H,15,16)(H,18,19). The lowest BCUT2D eigenvalue weighted by molar-refractivity contribution is -0.139. The van der Waals surface area contributed by atoms with Gasteiger partial charge in [0.15, 0.2) is 5.13 Å². The van der Waals surface area contributed by atoms with E-state index in [2.05, 4.69) is 10.3 Å². The van der Waals surface area contributed by atoms with Crippen LogP contribution in [0.2, 0.25) is 0 Å². The molecule has 0 fully saturated rings. The molecule has 20 heavy (non-hydrogen) atoms. The van der Waals surface area contributed by atoms with Crippen molar-refractivity contribution in [1.82, 2.24) is 4.98 Å². The minimum atomic E-state index is -0.835. The largest absolute Gasteiger partial charge is 0.481 e. The van der Waals surface area contributed by atoms with Gasteiger partial charge in [0.2, 0.25) is 5.91 Å². The first-order chi connectivity index (χ1) is 9.40. The van der Waals surface area contributed by atoms with E-state index in [9.17, 15) is 14.7 Å². The number of thiazole rings is 1. The summed E-state index contributed by atoms with van der Waals surface area (Å²) < 4.78 is 0. The first-order valence-electron chi connectivity index (χ1n) is 6.68. The van der Waals surface area contributed by atoms with Gasteiger partial charge in [0.25, 0.3) is 0 Å². The van der Waals surface area contributed by atoms with Crippen LogP contribution in [0.25, 0.3) is 0 Å². The molecule has 4 N–H and O–H groups in total. The third-order valence-electron chi connectivity index (χ3n) is 3.50. The van der Waals surface area contributed by atoms with Crippen molar-refractivity contribution in [3.8, 4) is 0 Å². The van der Waals surface area contributed by atoms with E-state index in [0.717, 1.165) is 17.7 Å². The minimum Gasteiger partial charge on any atom is -0.481 e. The number of aromatic nitrogens is 1. The molecule has 1 heterocycles. The van der Waals surface area contributed by atoms with Crippen molar-refractivity contribution in [3.05, 3.63) is 10.6 Å². The van der Waals surface area contributed by atoms with Gasteiger partial charge in [0.1, 0.15) is 12.0 Å². The fourth-order valence-corrected chi connectivity index (χ4v) is 3.52. The molecule has 0 saturated heterocycles. The first kappa shape index (κ1) is 14.8. The van der Waals surface area contributed by atoms with Gasteiger partial charge < -0.3 is 16.2 Å². The van der Waals surface area contributed by atoms with Gasteiger partial charge in [0, 0.05) is 4.88 Å². The summed E-state index contributed by atoms with van der Waals surface area (Å²) >= 11 is 1.43. The lowest BCUT2D eigenvalue weighted by Gasteiger charge is -2.18. The van der Waals surface area contributed by atoms with Gasteiger partial charge >= 0.3 is 5.97 Å². The number of hydrogen-bond acceptors (Lipinski definition) is 5. The molecule has 1 aromatic heterocycles. The molecule has 0 radical (unpaired) electrons. The predicted octanol–water partition coefficient (Wildman–Crippen LogP) is 1.57. The number of nitrogens with one attached hydrogen (secondary N) is 1. The zero-order chi connectivity index (χ0) is 14.9. The topological polar surface area (TPSA) is 105 Å². The van der Waals surface area contributed by atoms with Crippen LogP contribution in [-0.4, -0.2) is 28.0 Å². The van der Waals surface area contributed by atoms with E-state index in [1.54, 1.807) is 0 Å². The summed E-state index contributed by atoms with van der Waals surface area (Å²) in [5.74, 6) is -1.75. The number of nitrogens with zero attached hydrogens (tertiary/aromatic N) is 1. The SMILES string of the molecule is CC(C)C(Nc1nc2c(s1)CCCC2C(=O)O)C(N)=O. The van der Waals surface area contributed by atoms with Crippen molar-refractivity contribution in [2.45, 2.75) is 45.1 Å². The van der Waals surface area contributed by atoms with Crippen molar-refractivity contribution in [3.63, 3.8) is 0 Å². The molecule has 0 aliphatic heterocycles. The summed E-state index contributed by atoms with van der Waals surface area (Å²) in [6, 6.07) is -0.495. The average molecular weight is 297 g/mol. The number of carbonyl (C=O) groups is 2. The zero-order valence-electron chi connectivity index (χ0n) is 11.5. The highest BCUT2D eigenvalue weighted by molar-refractivity contribution is 7.15. The van der Waals surface area contributed by atoms with Crippen LogP contribution < -0.4 is 11.1 Å². The molecule has 2 atom stereocenters. The second-order valence-corrected chi connectivity index (χ2v) is 6.46. The molecular weight excluding hydrogens is 278 g/mol. The predicted molar refractivity (Wildman–Crippen MR) is 76.9 cm³/mol. The number of amides is 1. The van der Waals surface area contributed by atoms with Crippen LogP contribution in [0.5, 0.6) is 0 Å². The Labute approximate surface area is 121 Å². The van der Waals surface area contributed by atoms with E-state index in [1.807, 2.05) is 13.8 Å². The summed E-state index contributed by atoms with van der Waals surface area (Å²) in [6.07, 6.45) is 2.32. The molecule has 0 aromatic carbocycles. The fraction of sp³-hybridized carbons (Fsp3) is 0.615. The molecule has 7 heteroatoms. The first-order valence-corrected chi connectivity index (χ1v) is 7.50. The number of fused-ring (bicyclic) bond motifs is 1. The van der Waals surface area contributed by atoms with Crippen molar-refractivity contribution >= 4 is 28.3 Å². The molecule has 110 valence electrons. The number of carboxylic acid groups (broad SMARTS) is 1. The van der Waals surface area contributed by atoms with Crippen LogP contribution >= 0.6 is 11.3 Å². The van der Waals surface area contributed by atoms with E-state index in [0.29, 0.717) is 17.2 Å². The van der Waals surface area contributed by atoms with Crippen LogP contribution in [-0.2, 0) is 16.0 Å². The Morgan fingerprint density at radius 3 is 2.75 bits per heavy atom. The van der Waals surface area contributed by atoms with Crippen LogP contribution in [0.1, 0.15) is 43.2 Å². The maximum absolute atomic E-state index is 11.4. The van der Waals surface area contributed by atoms with Crippen LogP contribution in [0.15, 0.2) is 0 Å². The number of primary amides is 1. The Morgan fingerprint density at radius 1 is 1.50 bits per heavy atom. The lowest BCUT2D eigenvalue weighted by Crippen LogP contribution is -2.39. The van der Waals surface area contributed by atoms with Gasteiger partial charge in [-0.3, -0.25) is 9.59 Å². The number of aliphatic carboxylic acids is 1. The Balaban J connectivity index is 2.23. The molecule has 1 aliphatic rings. The summed E-state index contributed by atoms with van der Waals surface area (Å²) in [4.78, 5) is 28.0. The number of nitrogens with two attached hydrogens (primary N) is 1. The summed E-state index contributed by atoms with van der Waals surface area (Å²) in [7, 11) is 0. The Kier molecular flexibility index (Phi) is 4.27. The average Bonchev–Trinajstić information content (AvgIpc) is 2.76. The van der Waals surface area contributed by atoms with E-state index >= 15 is 0 Å². The monoisotopic (exact) mass is 297 g/mol. The third kappa shape index (κ3) is 2.92. The van der Waals surface area contributed by atoms with Crippen LogP contribution in [0.4, 0.5) is 5.13 Å². The second-order valence-electron chi connectivity index (χ2n) is 5.38. The smallest absolute Gasteiger partial charge is 0.312 e. The molecule has 0 bridgehead atoms. The van der Waals surface area contributed by atoms with Gasteiger partial charge in [-0.25, -0.2) is 4.98 Å². The van der Waals surface area contributed by atoms with Gasteiger partial charge in [-0.05, 0) is 25.2 Å². The molecule has 2 rings (SSSR count). The van der Waals surface area contributed by atoms with Crippen LogP contribution in [0, 0.1) is 5.92 Å². The Bertz CT molecular complexity index is 527. The number of hydrogen-bond donors (Lipinski definition) is 3.